The lowest BCUT2D eigenvalue weighted by Crippen LogP contribution is -2.40. The van der Waals surface area contributed by atoms with E-state index in [0.29, 0.717) is 18.5 Å². The zero-order valence-corrected chi connectivity index (χ0v) is 14.2. The summed E-state index contributed by atoms with van der Waals surface area (Å²) in [6.07, 6.45) is 7.45. The van der Waals surface area contributed by atoms with Crippen LogP contribution >= 0.6 is 24.0 Å². The Morgan fingerprint density at radius 2 is 1.95 bits per heavy atom. The van der Waals surface area contributed by atoms with E-state index in [-0.39, 0.29) is 35.9 Å². The summed E-state index contributed by atoms with van der Waals surface area (Å²) >= 11 is 0. The van der Waals surface area contributed by atoms with Gasteiger partial charge in [0.25, 0.3) is 0 Å². The maximum absolute atomic E-state index is 11.2. The van der Waals surface area contributed by atoms with Crippen molar-refractivity contribution in [3.8, 4) is 0 Å². The third-order valence-corrected chi connectivity index (χ3v) is 3.35. The van der Waals surface area contributed by atoms with Gasteiger partial charge in [0.05, 0.1) is 19.6 Å². The van der Waals surface area contributed by atoms with Crippen molar-refractivity contribution in [3.05, 3.63) is 0 Å². The fourth-order valence-corrected chi connectivity index (χ4v) is 2.19. The monoisotopic (exact) mass is 383 g/mol. The second-order valence-corrected chi connectivity index (χ2v) is 4.98. The summed E-state index contributed by atoms with van der Waals surface area (Å²) in [4.78, 5) is 15.4. The van der Waals surface area contributed by atoms with Crippen molar-refractivity contribution >= 4 is 35.9 Å². The molecule has 1 atom stereocenters. The molecule has 1 unspecified atom stereocenters. The van der Waals surface area contributed by atoms with Crippen molar-refractivity contribution in [3.63, 3.8) is 0 Å². The topological polar surface area (TPSA) is 76.7 Å². The van der Waals surface area contributed by atoms with E-state index < -0.39 is 0 Å². The van der Waals surface area contributed by atoms with Gasteiger partial charge in [0.2, 0.25) is 0 Å². The summed E-state index contributed by atoms with van der Waals surface area (Å²) in [5.74, 6) is -0.0526. The van der Waals surface area contributed by atoms with E-state index in [0.717, 1.165) is 12.8 Å². The quantitative estimate of drug-likeness (QED) is 0.256. The minimum Gasteiger partial charge on any atom is -0.469 e. The van der Waals surface area contributed by atoms with Gasteiger partial charge in [-0.3, -0.25) is 9.79 Å². The Labute approximate surface area is 132 Å². The molecule has 1 rings (SSSR count). The van der Waals surface area contributed by atoms with Crippen LogP contribution in [0.15, 0.2) is 4.99 Å². The second-order valence-electron chi connectivity index (χ2n) is 4.98. The SMILES string of the molecule is COC(=O)C(C)CN=C(N)NC1CCCCCC1.I. The molecule has 0 bridgehead atoms. The number of carbonyl (C=O) groups is 1. The Kier molecular flexibility index (Phi) is 9.99. The Balaban J connectivity index is 0.00000324. The van der Waals surface area contributed by atoms with E-state index in [1.165, 1.54) is 32.8 Å². The first-order valence-electron chi connectivity index (χ1n) is 6.77. The van der Waals surface area contributed by atoms with Crippen LogP contribution in [0.2, 0.25) is 0 Å². The van der Waals surface area contributed by atoms with E-state index in [4.69, 9.17) is 5.73 Å². The number of carbonyl (C=O) groups excluding carboxylic acids is 1. The van der Waals surface area contributed by atoms with Crippen molar-refractivity contribution in [2.75, 3.05) is 13.7 Å². The fourth-order valence-electron chi connectivity index (χ4n) is 2.19. The van der Waals surface area contributed by atoms with Crippen molar-refractivity contribution in [1.82, 2.24) is 5.32 Å². The van der Waals surface area contributed by atoms with Gasteiger partial charge >= 0.3 is 5.97 Å². The first-order valence-corrected chi connectivity index (χ1v) is 6.77. The van der Waals surface area contributed by atoms with Crippen molar-refractivity contribution in [2.45, 2.75) is 51.5 Å². The van der Waals surface area contributed by atoms with E-state index >= 15 is 0 Å². The highest BCUT2D eigenvalue weighted by atomic mass is 127. The molecular formula is C13H26IN3O2. The first kappa shape index (κ1) is 18.5. The van der Waals surface area contributed by atoms with Crippen molar-refractivity contribution in [2.24, 2.45) is 16.6 Å². The molecule has 1 fully saturated rings. The summed E-state index contributed by atoms with van der Waals surface area (Å²) in [6, 6.07) is 0.435. The van der Waals surface area contributed by atoms with Crippen molar-refractivity contribution in [1.29, 1.82) is 0 Å². The highest BCUT2D eigenvalue weighted by molar-refractivity contribution is 14.0. The molecule has 1 saturated carbocycles. The van der Waals surface area contributed by atoms with Crippen LogP contribution < -0.4 is 11.1 Å². The average Bonchev–Trinajstić information content (AvgIpc) is 2.63. The molecule has 0 aromatic rings. The maximum atomic E-state index is 11.2. The highest BCUT2D eigenvalue weighted by Crippen LogP contribution is 2.16. The Bertz CT molecular complexity index is 290. The van der Waals surface area contributed by atoms with Gasteiger partial charge in [-0.1, -0.05) is 32.6 Å². The minimum absolute atomic E-state index is 0. The predicted octanol–water partition coefficient (Wildman–Crippen LogP) is 2.04. The normalized spacial score (nSPS) is 18.9. The summed E-state index contributed by atoms with van der Waals surface area (Å²) in [6.45, 7) is 2.16. The minimum atomic E-state index is -0.249. The molecule has 0 heterocycles. The molecule has 0 saturated heterocycles. The zero-order chi connectivity index (χ0) is 13.4. The van der Waals surface area contributed by atoms with Crippen LogP contribution in [0.25, 0.3) is 0 Å². The Morgan fingerprint density at radius 1 is 1.37 bits per heavy atom. The number of rotatable bonds is 4. The molecule has 0 aromatic carbocycles. The van der Waals surface area contributed by atoms with Gasteiger partial charge < -0.3 is 15.8 Å². The van der Waals surface area contributed by atoms with Crippen LogP contribution in [0.1, 0.15) is 45.4 Å². The molecule has 0 radical (unpaired) electrons. The molecule has 0 aliphatic heterocycles. The molecule has 6 heteroatoms. The number of nitrogens with two attached hydrogens (primary N) is 1. The van der Waals surface area contributed by atoms with E-state index in [1.54, 1.807) is 6.92 Å². The number of guanidine groups is 1. The standard InChI is InChI=1S/C13H25N3O2.HI/c1-10(12(17)18-2)9-15-13(14)16-11-7-5-3-4-6-8-11;/h10-11H,3-9H2,1-2H3,(H3,14,15,16);1H. The zero-order valence-electron chi connectivity index (χ0n) is 11.9. The van der Waals surface area contributed by atoms with E-state index in [2.05, 4.69) is 15.0 Å². The summed E-state index contributed by atoms with van der Waals surface area (Å²) < 4.78 is 4.64. The molecular weight excluding hydrogens is 357 g/mol. The summed E-state index contributed by atoms with van der Waals surface area (Å²) in [5, 5.41) is 3.25. The Hall–Kier alpha value is -0.530. The van der Waals surface area contributed by atoms with Crippen molar-refractivity contribution < 1.29 is 9.53 Å². The van der Waals surface area contributed by atoms with Crippen LogP contribution in [0.4, 0.5) is 0 Å². The predicted molar refractivity (Wildman–Crippen MR) is 87.7 cm³/mol. The number of ether oxygens (including phenoxy) is 1. The lowest BCUT2D eigenvalue weighted by Gasteiger charge is -2.17. The summed E-state index contributed by atoms with van der Waals surface area (Å²) in [5.41, 5.74) is 5.83. The van der Waals surface area contributed by atoms with Crippen LogP contribution in [0, 0.1) is 5.92 Å². The van der Waals surface area contributed by atoms with E-state index in [9.17, 15) is 4.79 Å². The average molecular weight is 383 g/mol. The Morgan fingerprint density at radius 3 is 2.47 bits per heavy atom. The van der Waals surface area contributed by atoms with Gasteiger partial charge in [-0.2, -0.15) is 0 Å². The molecule has 0 spiro atoms. The largest absolute Gasteiger partial charge is 0.469 e. The van der Waals surface area contributed by atoms with Gasteiger partial charge in [0, 0.05) is 6.04 Å². The smallest absolute Gasteiger partial charge is 0.310 e. The first-order chi connectivity index (χ1) is 8.63. The number of hydrogen-bond donors (Lipinski definition) is 2. The molecule has 0 amide bonds. The second kappa shape index (κ2) is 10.3. The van der Waals surface area contributed by atoms with Crippen LogP contribution in [0.3, 0.4) is 0 Å². The summed E-state index contributed by atoms with van der Waals surface area (Å²) in [7, 11) is 1.38. The number of methoxy groups -OCH3 is 1. The lowest BCUT2D eigenvalue weighted by atomic mass is 10.1. The number of esters is 1. The van der Waals surface area contributed by atoms with Gasteiger partial charge in [-0.05, 0) is 12.8 Å². The molecule has 112 valence electrons. The molecule has 1 aliphatic rings. The van der Waals surface area contributed by atoms with Crippen LogP contribution in [-0.4, -0.2) is 31.6 Å². The number of nitrogens with one attached hydrogen (secondary N) is 1. The lowest BCUT2D eigenvalue weighted by molar-refractivity contribution is -0.144. The van der Waals surface area contributed by atoms with Gasteiger partial charge in [0.1, 0.15) is 0 Å². The number of aliphatic imine (C=N–C) groups is 1. The third kappa shape index (κ3) is 7.59. The van der Waals surface area contributed by atoms with Gasteiger partial charge in [-0.15, -0.1) is 24.0 Å². The molecule has 1 aliphatic carbocycles. The molecule has 5 nitrogen and oxygen atoms in total. The molecule has 19 heavy (non-hydrogen) atoms. The fraction of sp³-hybridized carbons (Fsp3) is 0.846. The maximum Gasteiger partial charge on any atom is 0.310 e. The van der Waals surface area contributed by atoms with Crippen LogP contribution in [-0.2, 0) is 9.53 Å². The van der Waals surface area contributed by atoms with Crippen LogP contribution in [0.5, 0.6) is 0 Å². The van der Waals surface area contributed by atoms with Gasteiger partial charge in [0.15, 0.2) is 5.96 Å². The highest BCUT2D eigenvalue weighted by Gasteiger charge is 2.14. The third-order valence-electron chi connectivity index (χ3n) is 3.35. The molecule has 3 N–H and O–H groups in total. The van der Waals surface area contributed by atoms with E-state index in [1.807, 2.05) is 0 Å². The number of hydrogen-bond acceptors (Lipinski definition) is 3. The van der Waals surface area contributed by atoms with Gasteiger partial charge in [-0.25, -0.2) is 0 Å². The molecule has 0 aromatic heterocycles. The number of halogens is 1. The number of nitrogens with zero attached hydrogens (tertiary/aromatic N) is 1.